The van der Waals surface area contributed by atoms with Gasteiger partial charge in [-0.3, -0.25) is 9.79 Å². The summed E-state index contributed by atoms with van der Waals surface area (Å²) < 4.78 is 4.88. The number of aliphatic imine (C=N–C) groups is 1. The van der Waals surface area contributed by atoms with Crippen LogP contribution in [0.1, 0.15) is 40.5 Å². The highest BCUT2D eigenvalue weighted by molar-refractivity contribution is 14.0. The van der Waals surface area contributed by atoms with Gasteiger partial charge in [-0.25, -0.2) is 0 Å². The van der Waals surface area contributed by atoms with Crippen molar-refractivity contribution < 1.29 is 9.53 Å². The Morgan fingerprint density at radius 1 is 1.36 bits per heavy atom. The number of hydrogen-bond acceptors (Lipinski definition) is 3. The lowest BCUT2D eigenvalue weighted by Gasteiger charge is -2.23. The number of esters is 1. The van der Waals surface area contributed by atoms with Crippen molar-refractivity contribution >= 4 is 35.9 Å². The molecular weight excluding hydrogens is 393 g/mol. The van der Waals surface area contributed by atoms with Crippen LogP contribution >= 0.6 is 24.0 Å². The van der Waals surface area contributed by atoms with Gasteiger partial charge >= 0.3 is 5.97 Å². The second kappa shape index (κ2) is 9.57. The van der Waals surface area contributed by atoms with Gasteiger partial charge in [0, 0.05) is 26.7 Å². The van der Waals surface area contributed by atoms with E-state index in [1.807, 2.05) is 0 Å². The molecule has 0 bridgehead atoms. The van der Waals surface area contributed by atoms with Gasteiger partial charge in [-0.1, -0.05) is 27.7 Å². The van der Waals surface area contributed by atoms with Crippen molar-refractivity contribution in [3.05, 3.63) is 0 Å². The highest BCUT2D eigenvalue weighted by atomic mass is 127. The van der Waals surface area contributed by atoms with E-state index in [-0.39, 0.29) is 35.9 Å². The number of carbonyl (C=O) groups excluding carboxylic acids is 1. The van der Waals surface area contributed by atoms with Gasteiger partial charge in [-0.2, -0.15) is 0 Å². The summed E-state index contributed by atoms with van der Waals surface area (Å²) in [6.45, 7) is 11.3. The summed E-state index contributed by atoms with van der Waals surface area (Å²) in [7, 11) is 3.25. The number of hydrogen-bond donors (Lipinski definition) is 1. The van der Waals surface area contributed by atoms with Gasteiger partial charge in [-0.15, -0.1) is 24.0 Å². The third-order valence-electron chi connectivity index (χ3n) is 4.01. The normalized spacial score (nSPS) is 22.3. The van der Waals surface area contributed by atoms with Crippen LogP contribution in [-0.2, 0) is 9.53 Å². The highest BCUT2D eigenvalue weighted by Gasteiger charge is 2.36. The van der Waals surface area contributed by atoms with E-state index in [0.29, 0.717) is 17.9 Å². The van der Waals surface area contributed by atoms with E-state index in [2.05, 4.69) is 42.9 Å². The molecule has 0 spiro atoms. The van der Waals surface area contributed by atoms with E-state index in [0.717, 1.165) is 25.5 Å². The molecule has 6 heteroatoms. The number of halogens is 1. The van der Waals surface area contributed by atoms with E-state index < -0.39 is 0 Å². The molecule has 1 saturated heterocycles. The molecule has 1 heterocycles. The predicted octanol–water partition coefficient (Wildman–Crippen LogP) is 2.75. The number of likely N-dealkylation sites (tertiary alicyclic amines) is 1. The maximum atomic E-state index is 11.7. The Morgan fingerprint density at radius 3 is 2.50 bits per heavy atom. The third kappa shape index (κ3) is 6.71. The molecule has 1 aliphatic heterocycles. The quantitative estimate of drug-likeness (QED) is 0.248. The summed E-state index contributed by atoms with van der Waals surface area (Å²) >= 11 is 0. The summed E-state index contributed by atoms with van der Waals surface area (Å²) in [4.78, 5) is 18.2. The van der Waals surface area contributed by atoms with E-state index >= 15 is 0 Å². The zero-order valence-electron chi connectivity index (χ0n) is 14.8. The van der Waals surface area contributed by atoms with Crippen molar-refractivity contribution in [3.63, 3.8) is 0 Å². The first-order chi connectivity index (χ1) is 9.78. The fraction of sp³-hybridized carbons (Fsp3) is 0.875. The smallest absolute Gasteiger partial charge is 0.310 e. The molecule has 0 amide bonds. The number of methoxy groups -OCH3 is 1. The topological polar surface area (TPSA) is 53.9 Å². The summed E-state index contributed by atoms with van der Waals surface area (Å²) in [5, 5.41) is 3.41. The van der Waals surface area contributed by atoms with E-state index in [4.69, 9.17) is 4.74 Å². The first-order valence-electron chi connectivity index (χ1n) is 7.82. The second-order valence-electron chi connectivity index (χ2n) is 7.15. The summed E-state index contributed by atoms with van der Waals surface area (Å²) in [6, 6.07) is 0. The van der Waals surface area contributed by atoms with Crippen molar-refractivity contribution in [2.24, 2.45) is 22.2 Å². The second-order valence-corrected chi connectivity index (χ2v) is 7.15. The summed E-state index contributed by atoms with van der Waals surface area (Å²) in [6.07, 6.45) is 2.30. The molecule has 0 aromatic carbocycles. The van der Waals surface area contributed by atoms with E-state index in [1.54, 1.807) is 7.05 Å². The Balaban J connectivity index is 0.00000441. The average molecular weight is 425 g/mol. The van der Waals surface area contributed by atoms with Gasteiger partial charge in [0.05, 0.1) is 13.0 Å². The molecule has 0 saturated carbocycles. The van der Waals surface area contributed by atoms with Crippen molar-refractivity contribution in [2.75, 3.05) is 33.8 Å². The van der Waals surface area contributed by atoms with Crippen LogP contribution in [0.2, 0.25) is 0 Å². The van der Waals surface area contributed by atoms with Crippen LogP contribution in [0.15, 0.2) is 4.99 Å². The van der Waals surface area contributed by atoms with Crippen molar-refractivity contribution in [2.45, 2.75) is 40.5 Å². The lowest BCUT2D eigenvalue weighted by molar-refractivity contribution is -0.145. The molecule has 0 aromatic heterocycles. The Labute approximate surface area is 152 Å². The fourth-order valence-electron chi connectivity index (χ4n) is 2.75. The summed E-state index contributed by atoms with van der Waals surface area (Å²) in [5.74, 6) is 1.02. The molecule has 5 nitrogen and oxygen atoms in total. The molecule has 1 N–H and O–H groups in total. The Bertz CT molecular complexity index is 380. The molecule has 1 aliphatic rings. The number of ether oxygens (including phenoxy) is 1. The molecule has 2 unspecified atom stereocenters. The molecule has 22 heavy (non-hydrogen) atoms. The molecule has 130 valence electrons. The number of carbonyl (C=O) groups is 1. The number of guanidine groups is 1. The lowest BCUT2D eigenvalue weighted by Crippen LogP contribution is -2.41. The molecule has 1 rings (SSSR count). The minimum Gasteiger partial charge on any atom is -0.469 e. The number of nitrogens with one attached hydrogen (secondary N) is 1. The molecular formula is C16H32IN3O2. The van der Waals surface area contributed by atoms with Crippen molar-refractivity contribution in [3.8, 4) is 0 Å². The third-order valence-corrected chi connectivity index (χ3v) is 4.01. The van der Waals surface area contributed by atoms with Crippen LogP contribution in [0.5, 0.6) is 0 Å². The SMILES string of the molecule is CN=C(NCCCC(C)(C)C)N1CC(C)C(C(=O)OC)C1.I. The van der Waals surface area contributed by atoms with Crippen LogP contribution in [0.3, 0.4) is 0 Å². The molecule has 0 aromatic rings. The standard InChI is InChI=1S/C16H31N3O2.HI/c1-12-10-19(11-13(12)14(20)21-6)15(17-5)18-9-7-8-16(2,3)4;/h12-13H,7-11H2,1-6H3,(H,17,18);1H. The van der Waals surface area contributed by atoms with E-state index in [9.17, 15) is 4.79 Å². The first kappa shape index (κ1) is 21.5. The van der Waals surface area contributed by atoms with Crippen LogP contribution in [0.4, 0.5) is 0 Å². The first-order valence-corrected chi connectivity index (χ1v) is 7.82. The van der Waals surface area contributed by atoms with Gasteiger partial charge in [0.2, 0.25) is 0 Å². The minimum absolute atomic E-state index is 0. The zero-order chi connectivity index (χ0) is 16.0. The predicted molar refractivity (Wildman–Crippen MR) is 102 cm³/mol. The number of rotatable bonds is 4. The largest absolute Gasteiger partial charge is 0.469 e. The maximum Gasteiger partial charge on any atom is 0.310 e. The molecule has 0 radical (unpaired) electrons. The highest BCUT2D eigenvalue weighted by Crippen LogP contribution is 2.24. The van der Waals surface area contributed by atoms with Crippen LogP contribution in [0.25, 0.3) is 0 Å². The van der Waals surface area contributed by atoms with E-state index in [1.165, 1.54) is 13.5 Å². The Kier molecular flexibility index (Phi) is 9.34. The Morgan fingerprint density at radius 2 is 2.00 bits per heavy atom. The number of nitrogens with zero attached hydrogens (tertiary/aromatic N) is 2. The Hall–Kier alpha value is -0.530. The monoisotopic (exact) mass is 425 g/mol. The molecule has 0 aliphatic carbocycles. The van der Waals surface area contributed by atoms with Gasteiger partial charge in [-0.05, 0) is 24.2 Å². The summed E-state index contributed by atoms with van der Waals surface area (Å²) in [5.41, 5.74) is 0.364. The van der Waals surface area contributed by atoms with Crippen LogP contribution in [0, 0.1) is 17.3 Å². The maximum absolute atomic E-state index is 11.7. The lowest BCUT2D eigenvalue weighted by atomic mass is 9.91. The van der Waals surface area contributed by atoms with Gasteiger partial charge < -0.3 is 15.0 Å². The van der Waals surface area contributed by atoms with Crippen LogP contribution < -0.4 is 5.32 Å². The molecule has 1 fully saturated rings. The minimum atomic E-state index is -0.117. The average Bonchev–Trinajstić information content (AvgIpc) is 2.78. The van der Waals surface area contributed by atoms with Crippen molar-refractivity contribution in [1.29, 1.82) is 0 Å². The zero-order valence-corrected chi connectivity index (χ0v) is 17.1. The van der Waals surface area contributed by atoms with Gasteiger partial charge in [0.25, 0.3) is 0 Å². The molecule has 2 atom stereocenters. The van der Waals surface area contributed by atoms with Gasteiger partial charge in [0.1, 0.15) is 0 Å². The van der Waals surface area contributed by atoms with Crippen LogP contribution in [-0.4, -0.2) is 50.6 Å². The fourth-order valence-corrected chi connectivity index (χ4v) is 2.75. The van der Waals surface area contributed by atoms with Gasteiger partial charge in [0.15, 0.2) is 5.96 Å². The van der Waals surface area contributed by atoms with Crippen molar-refractivity contribution in [1.82, 2.24) is 10.2 Å².